The number of aromatic nitrogens is 1. The predicted octanol–water partition coefficient (Wildman–Crippen LogP) is 7.12. The van der Waals surface area contributed by atoms with Crippen LogP contribution in [0, 0.1) is 10.1 Å². The molecule has 5 rings (SSSR count). The minimum absolute atomic E-state index is 0.0653. The molecule has 140 valence electrons. The van der Waals surface area contributed by atoms with Crippen molar-refractivity contribution >= 4 is 43.4 Å². The Kier molecular flexibility index (Phi) is 4.18. The lowest BCUT2D eigenvalue weighted by Crippen LogP contribution is -1.93. The van der Waals surface area contributed by atoms with Crippen LogP contribution in [0.3, 0.4) is 0 Å². The Morgan fingerprint density at radius 3 is 2.14 bits per heavy atom. The second-order valence-electron chi connectivity index (χ2n) is 6.84. The second-order valence-corrected chi connectivity index (χ2v) is 7.70. The molecule has 0 amide bonds. The van der Waals surface area contributed by atoms with Crippen LogP contribution in [0.1, 0.15) is 0 Å². The summed E-state index contributed by atoms with van der Waals surface area (Å²) in [7, 11) is 0. The van der Waals surface area contributed by atoms with Gasteiger partial charge in [-0.2, -0.15) is 0 Å². The molecule has 4 nitrogen and oxygen atoms in total. The number of nitro groups is 1. The molecular weight excluding hydrogens is 428 g/mol. The topological polar surface area (TPSA) is 48.1 Å². The Hall–Kier alpha value is -3.44. The van der Waals surface area contributed by atoms with Crippen molar-refractivity contribution in [2.45, 2.75) is 0 Å². The van der Waals surface area contributed by atoms with E-state index < -0.39 is 0 Å². The first-order valence-corrected chi connectivity index (χ1v) is 9.96. The van der Waals surface area contributed by atoms with Gasteiger partial charge in [0.2, 0.25) is 0 Å². The molecule has 4 aromatic carbocycles. The van der Waals surface area contributed by atoms with E-state index in [4.69, 9.17) is 0 Å². The van der Waals surface area contributed by atoms with E-state index in [1.165, 1.54) is 11.5 Å². The molecule has 0 radical (unpaired) electrons. The van der Waals surface area contributed by atoms with E-state index in [2.05, 4.69) is 69.0 Å². The van der Waals surface area contributed by atoms with Gasteiger partial charge < -0.3 is 4.57 Å². The third-order valence-electron chi connectivity index (χ3n) is 5.16. The number of halogens is 1. The predicted molar refractivity (Wildman–Crippen MR) is 121 cm³/mol. The number of benzene rings is 4. The molecule has 5 aromatic rings. The highest BCUT2D eigenvalue weighted by Crippen LogP contribution is 2.36. The molecule has 29 heavy (non-hydrogen) atoms. The zero-order chi connectivity index (χ0) is 20.0. The van der Waals surface area contributed by atoms with E-state index in [0.29, 0.717) is 4.47 Å². The number of hydrogen-bond donors (Lipinski definition) is 0. The van der Waals surface area contributed by atoms with Gasteiger partial charge in [-0.1, -0.05) is 42.5 Å². The summed E-state index contributed by atoms with van der Waals surface area (Å²) in [6, 6.07) is 30.1. The summed E-state index contributed by atoms with van der Waals surface area (Å²) < 4.78 is 2.74. The van der Waals surface area contributed by atoms with Gasteiger partial charge in [0.25, 0.3) is 5.69 Å². The quantitative estimate of drug-likeness (QED) is 0.220. The van der Waals surface area contributed by atoms with Gasteiger partial charge in [-0.3, -0.25) is 10.1 Å². The lowest BCUT2D eigenvalue weighted by atomic mass is 10.0. The Balaban J connectivity index is 1.76. The zero-order valence-corrected chi connectivity index (χ0v) is 16.8. The second kappa shape index (κ2) is 6.87. The highest BCUT2D eigenvalue weighted by atomic mass is 79.9. The highest BCUT2D eigenvalue weighted by Gasteiger charge is 2.15. The molecule has 1 aromatic heterocycles. The van der Waals surface area contributed by atoms with Gasteiger partial charge in [0.1, 0.15) is 0 Å². The molecule has 0 saturated carbocycles. The number of nitro benzene ring substituents is 1. The lowest BCUT2D eigenvalue weighted by Gasteiger charge is -2.08. The van der Waals surface area contributed by atoms with Crippen LogP contribution in [0.25, 0.3) is 38.6 Å². The first kappa shape index (κ1) is 17.6. The Morgan fingerprint density at radius 2 is 1.38 bits per heavy atom. The van der Waals surface area contributed by atoms with E-state index >= 15 is 0 Å². The van der Waals surface area contributed by atoms with Crippen molar-refractivity contribution in [1.29, 1.82) is 0 Å². The van der Waals surface area contributed by atoms with Crippen molar-refractivity contribution in [3.8, 4) is 16.8 Å². The standard InChI is InChI=1S/C24H15BrN2O2/c25-21-15-17(11-13-24(21)27(28)29)16-10-12-23-20(14-16)19-8-4-5-9-22(19)26(23)18-6-2-1-3-7-18/h1-15H. The summed E-state index contributed by atoms with van der Waals surface area (Å²) in [5, 5.41) is 13.4. The minimum Gasteiger partial charge on any atom is -0.309 e. The van der Waals surface area contributed by atoms with E-state index in [0.717, 1.165) is 33.2 Å². The maximum atomic E-state index is 11.1. The molecule has 0 aliphatic heterocycles. The van der Waals surface area contributed by atoms with Crippen LogP contribution in [0.15, 0.2) is 95.5 Å². The highest BCUT2D eigenvalue weighted by molar-refractivity contribution is 9.10. The summed E-state index contributed by atoms with van der Waals surface area (Å²) in [5.41, 5.74) is 5.41. The van der Waals surface area contributed by atoms with Gasteiger partial charge in [-0.25, -0.2) is 0 Å². The normalized spacial score (nSPS) is 11.2. The van der Waals surface area contributed by atoms with Crippen LogP contribution in [0.5, 0.6) is 0 Å². The SMILES string of the molecule is O=[N+]([O-])c1ccc(-c2ccc3c(c2)c2ccccc2n3-c2ccccc2)cc1Br. The first-order valence-electron chi connectivity index (χ1n) is 9.16. The molecule has 0 N–H and O–H groups in total. The smallest absolute Gasteiger partial charge is 0.283 e. The van der Waals surface area contributed by atoms with Crippen molar-refractivity contribution in [1.82, 2.24) is 4.57 Å². The van der Waals surface area contributed by atoms with Crippen molar-refractivity contribution in [2.75, 3.05) is 0 Å². The summed E-state index contributed by atoms with van der Waals surface area (Å²) in [4.78, 5) is 10.7. The minimum atomic E-state index is -0.384. The molecule has 0 saturated heterocycles. The van der Waals surface area contributed by atoms with Gasteiger partial charge in [0.05, 0.1) is 20.4 Å². The van der Waals surface area contributed by atoms with Crippen LogP contribution in [0.2, 0.25) is 0 Å². The molecule has 0 aliphatic carbocycles. The average molecular weight is 443 g/mol. The zero-order valence-electron chi connectivity index (χ0n) is 15.2. The molecule has 0 bridgehead atoms. The number of nitrogens with zero attached hydrogens (tertiary/aromatic N) is 2. The lowest BCUT2D eigenvalue weighted by molar-refractivity contribution is -0.385. The van der Waals surface area contributed by atoms with Gasteiger partial charge in [0.15, 0.2) is 0 Å². The Bertz CT molecular complexity index is 1390. The van der Waals surface area contributed by atoms with Crippen LogP contribution in [0.4, 0.5) is 5.69 Å². The third-order valence-corrected chi connectivity index (χ3v) is 5.80. The molecule has 5 heteroatoms. The average Bonchev–Trinajstić information content (AvgIpc) is 3.08. The fourth-order valence-electron chi connectivity index (χ4n) is 3.84. The van der Waals surface area contributed by atoms with Crippen molar-refractivity contribution in [2.24, 2.45) is 0 Å². The number of rotatable bonds is 3. The molecule has 0 fully saturated rings. The molecule has 1 heterocycles. The van der Waals surface area contributed by atoms with E-state index in [1.807, 2.05) is 24.3 Å². The number of para-hydroxylation sites is 2. The van der Waals surface area contributed by atoms with E-state index in [1.54, 1.807) is 12.1 Å². The third kappa shape index (κ3) is 2.91. The van der Waals surface area contributed by atoms with Crippen molar-refractivity contribution in [3.05, 3.63) is 106 Å². The monoisotopic (exact) mass is 442 g/mol. The van der Waals surface area contributed by atoms with E-state index in [-0.39, 0.29) is 10.6 Å². The maximum absolute atomic E-state index is 11.1. The summed E-state index contributed by atoms with van der Waals surface area (Å²) in [6.45, 7) is 0. The summed E-state index contributed by atoms with van der Waals surface area (Å²) in [5.74, 6) is 0. The van der Waals surface area contributed by atoms with Crippen molar-refractivity contribution in [3.63, 3.8) is 0 Å². The van der Waals surface area contributed by atoms with Crippen LogP contribution >= 0.6 is 15.9 Å². The fourth-order valence-corrected chi connectivity index (χ4v) is 4.37. The Morgan fingerprint density at radius 1 is 0.724 bits per heavy atom. The molecule has 0 atom stereocenters. The van der Waals surface area contributed by atoms with Gasteiger partial charge in [0, 0.05) is 22.5 Å². The first-order chi connectivity index (χ1) is 14.1. The van der Waals surface area contributed by atoms with Crippen LogP contribution < -0.4 is 0 Å². The van der Waals surface area contributed by atoms with Crippen LogP contribution in [-0.2, 0) is 0 Å². The van der Waals surface area contributed by atoms with Crippen LogP contribution in [-0.4, -0.2) is 9.49 Å². The number of fused-ring (bicyclic) bond motifs is 3. The molecule has 0 unspecified atom stereocenters. The summed E-state index contributed by atoms with van der Waals surface area (Å²) >= 11 is 3.32. The molecular formula is C24H15BrN2O2. The summed E-state index contributed by atoms with van der Waals surface area (Å²) in [6.07, 6.45) is 0. The Labute approximate surface area is 175 Å². The maximum Gasteiger partial charge on any atom is 0.283 e. The van der Waals surface area contributed by atoms with E-state index in [9.17, 15) is 10.1 Å². The van der Waals surface area contributed by atoms with Gasteiger partial charge in [-0.15, -0.1) is 0 Å². The molecule has 0 aliphatic rings. The van der Waals surface area contributed by atoms with Crippen molar-refractivity contribution < 1.29 is 4.92 Å². The largest absolute Gasteiger partial charge is 0.309 e. The fraction of sp³-hybridized carbons (Fsp3) is 0. The van der Waals surface area contributed by atoms with Gasteiger partial charge >= 0.3 is 0 Å². The molecule has 0 spiro atoms. The van der Waals surface area contributed by atoms with Gasteiger partial charge in [-0.05, 0) is 69.5 Å². The number of hydrogen-bond acceptors (Lipinski definition) is 2.